The Hall–Kier alpha value is -1.14. The second kappa shape index (κ2) is 5.81. The van der Waals surface area contributed by atoms with Crippen LogP contribution in [0.3, 0.4) is 0 Å². The topological polar surface area (TPSA) is 63.4 Å². The highest BCUT2D eigenvalue weighted by Crippen LogP contribution is 2.13. The van der Waals surface area contributed by atoms with Crippen molar-refractivity contribution in [3.63, 3.8) is 0 Å². The highest BCUT2D eigenvalue weighted by Gasteiger charge is 2.16. The summed E-state index contributed by atoms with van der Waals surface area (Å²) < 4.78 is 10.8. The largest absolute Gasteiger partial charge is 0.407 e. The zero-order valence-corrected chi connectivity index (χ0v) is 9.61. The molecule has 0 radical (unpaired) electrons. The van der Waals surface area contributed by atoms with Gasteiger partial charge in [-0.1, -0.05) is 12.0 Å². The fraction of sp³-hybridized carbons (Fsp3) is 0.800. The molecule has 90 valence electrons. The average Bonchev–Trinajstić information content (AvgIpc) is 2.79. The van der Waals surface area contributed by atoms with Crippen LogP contribution < -0.4 is 10.2 Å². The molecule has 0 unspecified atom stereocenters. The molecule has 0 aromatic carbocycles. The van der Waals surface area contributed by atoms with Crippen molar-refractivity contribution in [1.82, 2.24) is 15.5 Å². The number of anilines is 1. The van der Waals surface area contributed by atoms with Gasteiger partial charge in [0.05, 0.1) is 19.8 Å². The SMILES string of the molecule is CCCNCc1nnc(N2CCOCC2)o1. The van der Waals surface area contributed by atoms with Crippen LogP contribution in [0.2, 0.25) is 0 Å². The van der Waals surface area contributed by atoms with Crippen LogP contribution in [0, 0.1) is 0 Å². The summed E-state index contributed by atoms with van der Waals surface area (Å²) in [5.74, 6) is 0.648. The van der Waals surface area contributed by atoms with E-state index >= 15 is 0 Å². The molecule has 0 spiro atoms. The van der Waals surface area contributed by atoms with Gasteiger partial charge in [-0.3, -0.25) is 0 Å². The second-order valence-corrected chi connectivity index (χ2v) is 3.75. The van der Waals surface area contributed by atoms with E-state index in [0.717, 1.165) is 39.3 Å². The Labute approximate surface area is 95.0 Å². The molecule has 1 fully saturated rings. The van der Waals surface area contributed by atoms with E-state index in [2.05, 4.69) is 27.3 Å². The summed E-state index contributed by atoms with van der Waals surface area (Å²) >= 11 is 0. The van der Waals surface area contributed by atoms with Crippen molar-refractivity contribution in [2.45, 2.75) is 19.9 Å². The van der Waals surface area contributed by atoms with Crippen LogP contribution in [0.4, 0.5) is 6.01 Å². The molecule has 1 aliphatic rings. The van der Waals surface area contributed by atoms with E-state index in [0.29, 0.717) is 18.5 Å². The van der Waals surface area contributed by atoms with Gasteiger partial charge >= 0.3 is 6.01 Å². The molecule has 6 nitrogen and oxygen atoms in total. The second-order valence-electron chi connectivity index (χ2n) is 3.75. The third-order valence-corrected chi connectivity index (χ3v) is 2.44. The Kier molecular flexibility index (Phi) is 4.12. The maximum Gasteiger partial charge on any atom is 0.318 e. The smallest absolute Gasteiger partial charge is 0.318 e. The maximum absolute atomic E-state index is 5.56. The van der Waals surface area contributed by atoms with Crippen molar-refractivity contribution in [3.8, 4) is 0 Å². The van der Waals surface area contributed by atoms with Gasteiger partial charge in [-0.25, -0.2) is 0 Å². The zero-order valence-electron chi connectivity index (χ0n) is 9.61. The standard InChI is InChI=1S/C10H18N4O2/c1-2-3-11-8-9-12-13-10(16-9)14-4-6-15-7-5-14/h11H,2-8H2,1H3. The summed E-state index contributed by atoms with van der Waals surface area (Å²) in [5, 5.41) is 11.3. The van der Waals surface area contributed by atoms with E-state index in [4.69, 9.17) is 9.15 Å². The van der Waals surface area contributed by atoms with Gasteiger partial charge in [-0.2, -0.15) is 0 Å². The summed E-state index contributed by atoms with van der Waals surface area (Å²) in [6, 6.07) is 0.608. The highest BCUT2D eigenvalue weighted by atomic mass is 16.5. The van der Waals surface area contributed by atoms with Crippen LogP contribution in [-0.2, 0) is 11.3 Å². The molecule has 1 aliphatic heterocycles. The lowest BCUT2D eigenvalue weighted by Gasteiger charge is -2.24. The van der Waals surface area contributed by atoms with E-state index in [1.54, 1.807) is 0 Å². The first-order valence-electron chi connectivity index (χ1n) is 5.76. The number of hydrogen-bond acceptors (Lipinski definition) is 6. The molecular formula is C10H18N4O2. The number of nitrogens with zero attached hydrogens (tertiary/aromatic N) is 3. The fourth-order valence-corrected chi connectivity index (χ4v) is 1.57. The fourth-order valence-electron chi connectivity index (χ4n) is 1.57. The molecule has 16 heavy (non-hydrogen) atoms. The first kappa shape index (κ1) is 11.3. The number of aromatic nitrogens is 2. The minimum Gasteiger partial charge on any atom is -0.407 e. The van der Waals surface area contributed by atoms with Gasteiger partial charge in [0.25, 0.3) is 0 Å². The first-order valence-corrected chi connectivity index (χ1v) is 5.76. The van der Waals surface area contributed by atoms with Gasteiger partial charge in [-0.05, 0) is 13.0 Å². The quantitative estimate of drug-likeness (QED) is 0.733. The molecule has 1 aromatic rings. The van der Waals surface area contributed by atoms with Crippen molar-refractivity contribution in [2.75, 3.05) is 37.7 Å². The summed E-state index contributed by atoms with van der Waals surface area (Å²) in [4.78, 5) is 2.06. The van der Waals surface area contributed by atoms with Crippen LogP contribution in [0.15, 0.2) is 4.42 Å². The van der Waals surface area contributed by atoms with Crippen molar-refractivity contribution >= 4 is 6.01 Å². The molecule has 1 saturated heterocycles. The van der Waals surface area contributed by atoms with Crippen molar-refractivity contribution < 1.29 is 9.15 Å². The molecule has 1 aromatic heterocycles. The van der Waals surface area contributed by atoms with Gasteiger partial charge in [0.15, 0.2) is 0 Å². The lowest BCUT2D eigenvalue weighted by molar-refractivity contribution is 0.120. The number of morpholine rings is 1. The van der Waals surface area contributed by atoms with Crippen molar-refractivity contribution in [1.29, 1.82) is 0 Å². The first-order chi connectivity index (χ1) is 7.90. The number of nitrogens with one attached hydrogen (secondary N) is 1. The van der Waals surface area contributed by atoms with Gasteiger partial charge in [0.1, 0.15) is 0 Å². The molecule has 0 aliphatic carbocycles. The zero-order chi connectivity index (χ0) is 11.2. The van der Waals surface area contributed by atoms with E-state index in [-0.39, 0.29) is 0 Å². The maximum atomic E-state index is 5.56. The Morgan fingerprint density at radius 2 is 2.12 bits per heavy atom. The molecule has 2 heterocycles. The van der Waals surface area contributed by atoms with Crippen molar-refractivity contribution in [3.05, 3.63) is 5.89 Å². The molecule has 0 atom stereocenters. The third kappa shape index (κ3) is 2.93. The number of rotatable bonds is 5. The average molecular weight is 226 g/mol. The third-order valence-electron chi connectivity index (χ3n) is 2.44. The normalized spacial score (nSPS) is 16.7. The predicted octanol–water partition coefficient (Wildman–Crippen LogP) is 0.406. The summed E-state index contributed by atoms with van der Waals surface area (Å²) in [6.45, 7) is 6.84. The Bertz CT molecular complexity index is 310. The van der Waals surface area contributed by atoms with Crippen LogP contribution in [0.1, 0.15) is 19.2 Å². The van der Waals surface area contributed by atoms with E-state index < -0.39 is 0 Å². The minimum atomic E-state index is 0.608. The molecule has 0 bridgehead atoms. The monoisotopic (exact) mass is 226 g/mol. The van der Waals surface area contributed by atoms with Crippen LogP contribution in [0.25, 0.3) is 0 Å². The van der Waals surface area contributed by atoms with Crippen molar-refractivity contribution in [2.24, 2.45) is 0 Å². The highest BCUT2D eigenvalue weighted by molar-refractivity contribution is 5.24. The van der Waals surface area contributed by atoms with Gasteiger partial charge in [0.2, 0.25) is 5.89 Å². The molecule has 6 heteroatoms. The Morgan fingerprint density at radius 1 is 1.31 bits per heavy atom. The molecule has 1 N–H and O–H groups in total. The summed E-state index contributed by atoms with van der Waals surface area (Å²) in [5.41, 5.74) is 0. The van der Waals surface area contributed by atoms with E-state index in [1.807, 2.05) is 0 Å². The Morgan fingerprint density at radius 3 is 2.88 bits per heavy atom. The number of ether oxygens (including phenoxy) is 1. The van der Waals surface area contributed by atoms with Crippen LogP contribution in [-0.4, -0.2) is 43.0 Å². The lowest BCUT2D eigenvalue weighted by atomic mass is 10.4. The van der Waals surface area contributed by atoms with Gasteiger partial charge < -0.3 is 19.4 Å². The summed E-state index contributed by atoms with van der Waals surface area (Å²) in [7, 11) is 0. The molecular weight excluding hydrogens is 208 g/mol. The minimum absolute atomic E-state index is 0.608. The van der Waals surface area contributed by atoms with Gasteiger partial charge in [0, 0.05) is 13.1 Å². The lowest BCUT2D eigenvalue weighted by Crippen LogP contribution is -2.36. The van der Waals surface area contributed by atoms with Crippen LogP contribution >= 0.6 is 0 Å². The predicted molar refractivity (Wildman–Crippen MR) is 59.3 cm³/mol. The van der Waals surface area contributed by atoms with E-state index in [9.17, 15) is 0 Å². The van der Waals surface area contributed by atoms with Crippen LogP contribution in [0.5, 0.6) is 0 Å². The summed E-state index contributed by atoms with van der Waals surface area (Å²) in [6.07, 6.45) is 1.10. The molecule has 0 amide bonds. The molecule has 2 rings (SSSR count). The molecule has 0 saturated carbocycles. The van der Waals surface area contributed by atoms with E-state index in [1.165, 1.54) is 0 Å². The Balaban J connectivity index is 1.85. The number of hydrogen-bond donors (Lipinski definition) is 1. The van der Waals surface area contributed by atoms with Gasteiger partial charge in [-0.15, -0.1) is 5.10 Å².